The molecule has 0 bridgehead atoms. The van der Waals surface area contributed by atoms with E-state index in [1.165, 1.54) is 5.56 Å². The van der Waals surface area contributed by atoms with Gasteiger partial charge in [0, 0.05) is 11.3 Å². The maximum Gasteiger partial charge on any atom is 0.168 e. The van der Waals surface area contributed by atoms with Crippen molar-refractivity contribution in [3.63, 3.8) is 0 Å². The van der Waals surface area contributed by atoms with Crippen molar-refractivity contribution in [1.82, 2.24) is 14.8 Å². The average molecular weight is 278 g/mol. The van der Waals surface area contributed by atoms with Crippen LogP contribution in [-0.4, -0.2) is 21.3 Å². The number of aryl methyl sites for hydroxylation is 1. The molecule has 0 aliphatic carbocycles. The summed E-state index contributed by atoms with van der Waals surface area (Å²) in [6.07, 6.45) is 0.894. The van der Waals surface area contributed by atoms with E-state index in [4.69, 9.17) is 5.73 Å². The molecule has 0 aliphatic heterocycles. The van der Waals surface area contributed by atoms with E-state index in [-0.39, 0.29) is 0 Å². The van der Waals surface area contributed by atoms with Crippen LogP contribution >= 0.6 is 0 Å². The van der Waals surface area contributed by atoms with Gasteiger partial charge < -0.3 is 5.73 Å². The second-order valence-corrected chi connectivity index (χ2v) is 4.98. The lowest BCUT2D eigenvalue weighted by Gasteiger charge is -2.09. The number of hydrogen-bond acceptors (Lipinski definition) is 3. The Balaban J connectivity index is 2.03. The Morgan fingerprint density at radius 1 is 0.952 bits per heavy atom. The van der Waals surface area contributed by atoms with Crippen LogP contribution in [0, 0.1) is 6.92 Å². The molecule has 1 aromatic heterocycles. The fraction of sp³-hybridized carbons (Fsp3) is 0.176. The average Bonchev–Trinajstić information content (AvgIpc) is 2.91. The van der Waals surface area contributed by atoms with Gasteiger partial charge in [0.05, 0.1) is 0 Å². The van der Waals surface area contributed by atoms with Gasteiger partial charge in [-0.1, -0.05) is 42.5 Å². The number of benzene rings is 2. The van der Waals surface area contributed by atoms with E-state index < -0.39 is 0 Å². The summed E-state index contributed by atoms with van der Waals surface area (Å²) in [5.41, 5.74) is 8.95. The summed E-state index contributed by atoms with van der Waals surface area (Å²) in [4.78, 5) is 0. The van der Waals surface area contributed by atoms with Gasteiger partial charge in [-0.2, -0.15) is 0 Å². The van der Waals surface area contributed by atoms with Crippen LogP contribution in [0.25, 0.3) is 17.1 Å². The van der Waals surface area contributed by atoms with Gasteiger partial charge in [0.25, 0.3) is 0 Å². The summed E-state index contributed by atoms with van der Waals surface area (Å²) in [5, 5.41) is 8.55. The number of nitrogens with two attached hydrogens (primary N) is 1. The molecule has 0 fully saturated rings. The zero-order valence-corrected chi connectivity index (χ0v) is 12.0. The number of nitrogens with zero attached hydrogens (tertiary/aromatic N) is 3. The third-order valence-corrected chi connectivity index (χ3v) is 3.48. The number of aromatic nitrogens is 3. The summed E-state index contributed by atoms with van der Waals surface area (Å²) in [6.45, 7) is 2.63. The molecule has 4 heteroatoms. The summed E-state index contributed by atoms with van der Waals surface area (Å²) in [6, 6.07) is 18.5. The Bertz CT molecular complexity index is 714. The van der Waals surface area contributed by atoms with E-state index >= 15 is 0 Å². The first-order valence-electron chi connectivity index (χ1n) is 7.06. The molecule has 0 atom stereocenters. The van der Waals surface area contributed by atoms with Gasteiger partial charge in [-0.25, -0.2) is 0 Å². The van der Waals surface area contributed by atoms with Crippen LogP contribution in [-0.2, 0) is 6.42 Å². The predicted molar refractivity (Wildman–Crippen MR) is 84.3 cm³/mol. The van der Waals surface area contributed by atoms with Crippen LogP contribution in [0.1, 0.15) is 11.4 Å². The highest BCUT2D eigenvalue weighted by Crippen LogP contribution is 2.22. The van der Waals surface area contributed by atoms with Crippen LogP contribution in [0.2, 0.25) is 0 Å². The van der Waals surface area contributed by atoms with E-state index in [0.29, 0.717) is 6.54 Å². The third kappa shape index (κ3) is 2.71. The maximum absolute atomic E-state index is 5.59. The van der Waals surface area contributed by atoms with Gasteiger partial charge in [0.15, 0.2) is 5.82 Å². The molecule has 0 saturated carbocycles. The quantitative estimate of drug-likeness (QED) is 0.798. The normalized spacial score (nSPS) is 10.8. The Morgan fingerprint density at radius 3 is 2.33 bits per heavy atom. The Morgan fingerprint density at radius 2 is 1.67 bits per heavy atom. The molecule has 21 heavy (non-hydrogen) atoms. The Labute approximate surface area is 124 Å². The molecule has 3 rings (SSSR count). The van der Waals surface area contributed by atoms with Crippen LogP contribution < -0.4 is 5.73 Å². The fourth-order valence-electron chi connectivity index (χ4n) is 2.42. The monoisotopic (exact) mass is 278 g/mol. The highest BCUT2D eigenvalue weighted by Gasteiger charge is 2.12. The number of para-hydroxylation sites is 1. The Hall–Kier alpha value is -2.46. The first-order valence-corrected chi connectivity index (χ1v) is 7.06. The molecule has 3 aromatic rings. The molecule has 0 aliphatic rings. The van der Waals surface area contributed by atoms with E-state index in [9.17, 15) is 0 Å². The van der Waals surface area contributed by atoms with Crippen molar-refractivity contribution in [2.24, 2.45) is 5.73 Å². The summed E-state index contributed by atoms with van der Waals surface area (Å²) < 4.78 is 2.07. The van der Waals surface area contributed by atoms with E-state index in [1.54, 1.807) is 0 Å². The second-order valence-electron chi connectivity index (χ2n) is 4.98. The first kappa shape index (κ1) is 13.5. The van der Waals surface area contributed by atoms with Gasteiger partial charge >= 0.3 is 0 Å². The van der Waals surface area contributed by atoms with Crippen molar-refractivity contribution in [3.05, 3.63) is 66.0 Å². The molecule has 106 valence electrons. The standard InChI is InChI=1S/C17H18N4/c1-13-19-20-17(21(13)16-5-3-2-4-6-16)15-9-7-14(8-10-15)11-12-18/h2-10H,11-12,18H2,1H3. The molecule has 4 nitrogen and oxygen atoms in total. The predicted octanol–water partition coefficient (Wildman–Crippen LogP) is 2.74. The smallest absolute Gasteiger partial charge is 0.168 e. The molecule has 2 N–H and O–H groups in total. The lowest BCUT2D eigenvalue weighted by molar-refractivity contribution is 0.966. The first-order chi connectivity index (χ1) is 10.3. The van der Waals surface area contributed by atoms with Gasteiger partial charge in [-0.05, 0) is 37.6 Å². The molecule has 0 saturated heterocycles. The van der Waals surface area contributed by atoms with Crippen molar-refractivity contribution in [2.75, 3.05) is 6.54 Å². The van der Waals surface area contributed by atoms with E-state index in [1.807, 2.05) is 25.1 Å². The highest BCUT2D eigenvalue weighted by molar-refractivity contribution is 5.59. The second kappa shape index (κ2) is 5.89. The van der Waals surface area contributed by atoms with Crippen molar-refractivity contribution in [1.29, 1.82) is 0 Å². The molecule has 0 radical (unpaired) electrons. The minimum Gasteiger partial charge on any atom is -0.330 e. The van der Waals surface area contributed by atoms with Crippen molar-refractivity contribution in [3.8, 4) is 17.1 Å². The lowest BCUT2D eigenvalue weighted by atomic mass is 10.1. The summed E-state index contributed by atoms with van der Waals surface area (Å²) in [7, 11) is 0. The van der Waals surface area contributed by atoms with Crippen molar-refractivity contribution < 1.29 is 0 Å². The largest absolute Gasteiger partial charge is 0.330 e. The van der Waals surface area contributed by atoms with E-state index in [2.05, 4.69) is 51.2 Å². The highest BCUT2D eigenvalue weighted by atomic mass is 15.3. The van der Waals surface area contributed by atoms with Crippen molar-refractivity contribution in [2.45, 2.75) is 13.3 Å². The van der Waals surface area contributed by atoms with Crippen LogP contribution in [0.4, 0.5) is 0 Å². The molecule has 0 amide bonds. The number of hydrogen-bond donors (Lipinski definition) is 1. The maximum atomic E-state index is 5.59. The molecule has 2 aromatic carbocycles. The van der Waals surface area contributed by atoms with Crippen molar-refractivity contribution >= 4 is 0 Å². The molecule has 0 unspecified atom stereocenters. The summed E-state index contributed by atoms with van der Waals surface area (Å²) >= 11 is 0. The van der Waals surface area contributed by atoms with Gasteiger partial charge in [0.1, 0.15) is 5.82 Å². The fourth-order valence-corrected chi connectivity index (χ4v) is 2.42. The molecule has 1 heterocycles. The number of rotatable bonds is 4. The third-order valence-electron chi connectivity index (χ3n) is 3.48. The van der Waals surface area contributed by atoms with Gasteiger partial charge in [0.2, 0.25) is 0 Å². The van der Waals surface area contributed by atoms with Gasteiger partial charge in [-0.15, -0.1) is 10.2 Å². The van der Waals surface area contributed by atoms with Crippen LogP contribution in [0.5, 0.6) is 0 Å². The minimum atomic E-state index is 0.665. The molecule has 0 spiro atoms. The summed E-state index contributed by atoms with van der Waals surface area (Å²) in [5.74, 6) is 1.74. The topological polar surface area (TPSA) is 56.7 Å². The molecular formula is C17H18N4. The zero-order valence-electron chi connectivity index (χ0n) is 12.0. The SMILES string of the molecule is Cc1nnc(-c2ccc(CCN)cc2)n1-c1ccccc1. The van der Waals surface area contributed by atoms with E-state index in [0.717, 1.165) is 29.3 Å². The minimum absolute atomic E-state index is 0.665. The van der Waals surface area contributed by atoms with Crippen LogP contribution in [0.3, 0.4) is 0 Å². The Kier molecular flexibility index (Phi) is 3.79. The van der Waals surface area contributed by atoms with Gasteiger partial charge in [-0.3, -0.25) is 4.57 Å². The zero-order chi connectivity index (χ0) is 14.7. The lowest BCUT2D eigenvalue weighted by Crippen LogP contribution is -2.03. The molecular weight excluding hydrogens is 260 g/mol. The van der Waals surface area contributed by atoms with Crippen LogP contribution in [0.15, 0.2) is 54.6 Å².